The maximum absolute atomic E-state index is 3.49. The van der Waals surface area contributed by atoms with Crippen molar-refractivity contribution in [2.75, 3.05) is 0 Å². The number of unbranched alkanes of at least 4 members (excludes halogenated alkanes) is 5. The zero-order valence-corrected chi connectivity index (χ0v) is 17.2. The third kappa shape index (κ3) is 5.35. The van der Waals surface area contributed by atoms with Gasteiger partial charge < -0.3 is 4.98 Å². The van der Waals surface area contributed by atoms with E-state index < -0.39 is 0 Å². The van der Waals surface area contributed by atoms with Gasteiger partial charge in [0.05, 0.1) is 0 Å². The SMILES string of the molecule is CCCCCCCCc1ccc(-c2c[nH]c(-c3ccc(Br)cc3)c2)cc1. The van der Waals surface area contributed by atoms with E-state index in [4.69, 9.17) is 0 Å². The summed E-state index contributed by atoms with van der Waals surface area (Å²) in [4.78, 5) is 3.40. The van der Waals surface area contributed by atoms with Crippen LogP contribution in [0, 0.1) is 0 Å². The van der Waals surface area contributed by atoms with Crippen LogP contribution in [0.2, 0.25) is 0 Å². The molecule has 0 saturated heterocycles. The highest BCUT2D eigenvalue weighted by molar-refractivity contribution is 9.10. The van der Waals surface area contributed by atoms with Crippen molar-refractivity contribution in [3.63, 3.8) is 0 Å². The summed E-state index contributed by atoms with van der Waals surface area (Å²) in [7, 11) is 0. The molecule has 1 heterocycles. The van der Waals surface area contributed by atoms with Crippen LogP contribution < -0.4 is 0 Å². The van der Waals surface area contributed by atoms with Gasteiger partial charge in [-0.3, -0.25) is 0 Å². The summed E-state index contributed by atoms with van der Waals surface area (Å²) in [6.45, 7) is 2.27. The smallest absolute Gasteiger partial charge is 0.0460 e. The number of aromatic amines is 1. The molecule has 1 aromatic heterocycles. The summed E-state index contributed by atoms with van der Waals surface area (Å²) in [6.07, 6.45) is 11.4. The molecule has 0 unspecified atom stereocenters. The largest absolute Gasteiger partial charge is 0.361 e. The van der Waals surface area contributed by atoms with Gasteiger partial charge in [-0.2, -0.15) is 0 Å². The first-order valence-corrected chi connectivity index (χ1v) is 10.6. The fourth-order valence-electron chi connectivity index (χ4n) is 3.33. The normalized spacial score (nSPS) is 11.0. The third-order valence-electron chi connectivity index (χ3n) is 4.94. The van der Waals surface area contributed by atoms with Crippen LogP contribution in [0.4, 0.5) is 0 Å². The number of rotatable bonds is 9. The Morgan fingerprint density at radius 2 is 1.38 bits per heavy atom. The fraction of sp³-hybridized carbons (Fsp3) is 0.333. The van der Waals surface area contributed by atoms with Crippen molar-refractivity contribution < 1.29 is 0 Å². The van der Waals surface area contributed by atoms with Gasteiger partial charge in [-0.15, -0.1) is 0 Å². The highest BCUT2D eigenvalue weighted by atomic mass is 79.9. The van der Waals surface area contributed by atoms with E-state index in [1.165, 1.54) is 67.2 Å². The van der Waals surface area contributed by atoms with Crippen molar-refractivity contribution in [1.29, 1.82) is 0 Å². The molecule has 0 amide bonds. The maximum Gasteiger partial charge on any atom is 0.0460 e. The van der Waals surface area contributed by atoms with E-state index in [1.807, 2.05) is 0 Å². The van der Waals surface area contributed by atoms with Crippen LogP contribution in [-0.2, 0) is 6.42 Å². The molecule has 0 aliphatic rings. The topological polar surface area (TPSA) is 15.8 Å². The molecule has 0 radical (unpaired) electrons. The molecule has 136 valence electrons. The van der Waals surface area contributed by atoms with Crippen LogP contribution in [-0.4, -0.2) is 4.98 Å². The average molecular weight is 410 g/mol. The average Bonchev–Trinajstić information content (AvgIpc) is 3.16. The minimum atomic E-state index is 1.11. The van der Waals surface area contributed by atoms with Gasteiger partial charge in [-0.05, 0) is 53.3 Å². The fourth-order valence-corrected chi connectivity index (χ4v) is 3.59. The summed E-state index contributed by atoms with van der Waals surface area (Å²) in [6, 6.07) is 19.7. The van der Waals surface area contributed by atoms with E-state index in [0.29, 0.717) is 0 Å². The highest BCUT2D eigenvalue weighted by Gasteiger charge is 2.04. The molecular formula is C24H28BrN. The lowest BCUT2D eigenvalue weighted by Crippen LogP contribution is -1.86. The Morgan fingerprint density at radius 1 is 0.731 bits per heavy atom. The highest BCUT2D eigenvalue weighted by Crippen LogP contribution is 2.27. The lowest BCUT2D eigenvalue weighted by atomic mass is 10.0. The maximum atomic E-state index is 3.49. The van der Waals surface area contributed by atoms with E-state index in [9.17, 15) is 0 Å². The summed E-state index contributed by atoms with van der Waals surface area (Å²) in [5.74, 6) is 0. The Kier molecular flexibility index (Phi) is 7.13. The Bertz CT molecular complexity index is 784. The molecule has 1 N–H and O–H groups in total. The number of hydrogen-bond donors (Lipinski definition) is 1. The number of hydrogen-bond acceptors (Lipinski definition) is 0. The van der Waals surface area contributed by atoms with Gasteiger partial charge in [-0.1, -0.05) is 91.4 Å². The Labute approximate surface area is 166 Å². The van der Waals surface area contributed by atoms with E-state index in [2.05, 4.69) is 88.6 Å². The number of halogens is 1. The molecule has 0 aliphatic carbocycles. The molecule has 2 heteroatoms. The van der Waals surface area contributed by atoms with Crippen LogP contribution in [0.15, 0.2) is 65.3 Å². The number of benzene rings is 2. The van der Waals surface area contributed by atoms with Gasteiger partial charge >= 0.3 is 0 Å². The molecule has 0 spiro atoms. The molecule has 26 heavy (non-hydrogen) atoms. The van der Waals surface area contributed by atoms with Gasteiger partial charge in [0.25, 0.3) is 0 Å². The predicted molar refractivity (Wildman–Crippen MR) is 116 cm³/mol. The van der Waals surface area contributed by atoms with Gasteiger partial charge in [0.1, 0.15) is 0 Å². The number of aromatic nitrogens is 1. The molecule has 2 aromatic carbocycles. The second-order valence-electron chi connectivity index (χ2n) is 7.02. The minimum Gasteiger partial charge on any atom is -0.361 e. The van der Waals surface area contributed by atoms with Gasteiger partial charge in [0, 0.05) is 16.4 Å². The lowest BCUT2D eigenvalue weighted by molar-refractivity contribution is 0.607. The molecule has 0 atom stereocenters. The third-order valence-corrected chi connectivity index (χ3v) is 5.47. The number of aryl methyl sites for hydroxylation is 1. The quantitative estimate of drug-likeness (QED) is 0.344. The van der Waals surface area contributed by atoms with Gasteiger partial charge in [0.15, 0.2) is 0 Å². The summed E-state index contributed by atoms with van der Waals surface area (Å²) in [5.41, 5.74) is 6.33. The van der Waals surface area contributed by atoms with Crippen LogP contribution >= 0.6 is 15.9 Å². The predicted octanol–water partition coefficient (Wildman–Crippen LogP) is 8.01. The van der Waals surface area contributed by atoms with E-state index in [0.717, 1.165) is 10.2 Å². The van der Waals surface area contributed by atoms with E-state index >= 15 is 0 Å². The van der Waals surface area contributed by atoms with Crippen molar-refractivity contribution in [3.05, 3.63) is 70.8 Å². The molecule has 3 rings (SSSR count). The van der Waals surface area contributed by atoms with E-state index in [1.54, 1.807) is 0 Å². The Hall–Kier alpha value is -1.80. The van der Waals surface area contributed by atoms with Crippen LogP contribution in [0.3, 0.4) is 0 Å². The second-order valence-corrected chi connectivity index (χ2v) is 7.94. The van der Waals surface area contributed by atoms with Crippen LogP contribution in [0.25, 0.3) is 22.4 Å². The molecular weight excluding hydrogens is 382 g/mol. The molecule has 0 aliphatic heterocycles. The molecule has 0 fully saturated rings. The second kappa shape index (κ2) is 9.78. The number of H-pyrrole nitrogens is 1. The van der Waals surface area contributed by atoms with Crippen molar-refractivity contribution in [1.82, 2.24) is 4.98 Å². The number of nitrogens with one attached hydrogen (secondary N) is 1. The van der Waals surface area contributed by atoms with Crippen molar-refractivity contribution in [2.24, 2.45) is 0 Å². The van der Waals surface area contributed by atoms with Crippen molar-refractivity contribution in [2.45, 2.75) is 51.9 Å². The Balaban J connectivity index is 1.56. The molecule has 0 bridgehead atoms. The van der Waals surface area contributed by atoms with Gasteiger partial charge in [-0.25, -0.2) is 0 Å². The minimum absolute atomic E-state index is 1.11. The zero-order valence-electron chi connectivity index (χ0n) is 15.6. The standard InChI is InChI=1S/C24H28BrN/c1-2-3-4-5-6-7-8-19-9-11-20(12-10-19)22-17-24(26-18-22)21-13-15-23(25)16-14-21/h9-18,26H,2-8H2,1H3. The Morgan fingerprint density at radius 3 is 2.12 bits per heavy atom. The zero-order chi connectivity index (χ0) is 18.2. The van der Waals surface area contributed by atoms with Crippen molar-refractivity contribution >= 4 is 15.9 Å². The summed E-state index contributed by atoms with van der Waals surface area (Å²) in [5, 5.41) is 0. The molecule has 3 aromatic rings. The molecule has 0 saturated carbocycles. The van der Waals surface area contributed by atoms with Crippen LogP contribution in [0.1, 0.15) is 51.0 Å². The van der Waals surface area contributed by atoms with Crippen LogP contribution in [0.5, 0.6) is 0 Å². The lowest BCUT2D eigenvalue weighted by Gasteiger charge is -2.04. The van der Waals surface area contributed by atoms with E-state index in [-0.39, 0.29) is 0 Å². The summed E-state index contributed by atoms with van der Waals surface area (Å²) < 4.78 is 1.11. The first-order valence-electron chi connectivity index (χ1n) is 9.80. The van der Waals surface area contributed by atoms with Crippen molar-refractivity contribution in [3.8, 4) is 22.4 Å². The first kappa shape index (κ1) is 19.0. The first-order chi connectivity index (χ1) is 12.8. The summed E-state index contributed by atoms with van der Waals surface area (Å²) >= 11 is 3.49. The molecule has 1 nitrogen and oxygen atoms in total. The van der Waals surface area contributed by atoms with Gasteiger partial charge in [0.2, 0.25) is 0 Å². The monoisotopic (exact) mass is 409 g/mol.